The van der Waals surface area contributed by atoms with E-state index in [4.69, 9.17) is 10.00 Å². The number of benzene rings is 2. The second-order valence-electron chi connectivity index (χ2n) is 5.96. The average molecular weight is 445 g/mol. The number of rotatable bonds is 8. The molecule has 0 atom stereocenters. The maximum absolute atomic E-state index is 12.0. The highest BCUT2D eigenvalue weighted by atomic mass is 79.9. The van der Waals surface area contributed by atoms with Gasteiger partial charge in [-0.25, -0.2) is 4.79 Å². The van der Waals surface area contributed by atoms with Crippen molar-refractivity contribution in [1.29, 1.82) is 5.26 Å². The van der Waals surface area contributed by atoms with Gasteiger partial charge in [0.25, 0.3) is 0 Å². The molecule has 0 aliphatic rings. The summed E-state index contributed by atoms with van der Waals surface area (Å²) in [6, 6.07) is 14.3. The van der Waals surface area contributed by atoms with Crippen LogP contribution in [0.5, 0.6) is 5.75 Å². The van der Waals surface area contributed by atoms with Gasteiger partial charge < -0.3 is 20.7 Å². The van der Waals surface area contributed by atoms with E-state index in [0.29, 0.717) is 12.3 Å². The summed E-state index contributed by atoms with van der Waals surface area (Å²) in [6.07, 6.45) is 0.167. The largest absolute Gasteiger partial charge is 0.479 e. The molecule has 0 bridgehead atoms. The van der Waals surface area contributed by atoms with E-state index in [-0.39, 0.29) is 31.5 Å². The minimum atomic E-state index is -0.365. The van der Waals surface area contributed by atoms with Crippen LogP contribution in [0.1, 0.15) is 17.5 Å². The van der Waals surface area contributed by atoms with Crippen molar-refractivity contribution in [2.24, 2.45) is 0 Å². The summed E-state index contributed by atoms with van der Waals surface area (Å²) in [4.78, 5) is 23.9. The molecule has 0 aliphatic heterocycles. The van der Waals surface area contributed by atoms with Gasteiger partial charge in [0, 0.05) is 29.7 Å². The van der Waals surface area contributed by atoms with Crippen molar-refractivity contribution in [1.82, 2.24) is 10.6 Å². The molecule has 0 aromatic heterocycles. The summed E-state index contributed by atoms with van der Waals surface area (Å²) in [5.41, 5.74) is 2.54. The van der Waals surface area contributed by atoms with E-state index < -0.39 is 0 Å². The van der Waals surface area contributed by atoms with E-state index in [0.717, 1.165) is 21.3 Å². The van der Waals surface area contributed by atoms with Crippen LogP contribution in [0.4, 0.5) is 10.5 Å². The Labute approximate surface area is 172 Å². The number of aryl methyl sites for hydroxylation is 1. The van der Waals surface area contributed by atoms with E-state index >= 15 is 0 Å². The van der Waals surface area contributed by atoms with Gasteiger partial charge in [0.15, 0.2) is 6.61 Å². The van der Waals surface area contributed by atoms with E-state index in [1.807, 2.05) is 37.3 Å². The van der Waals surface area contributed by atoms with Gasteiger partial charge in [0.1, 0.15) is 11.8 Å². The molecule has 3 amide bonds. The molecule has 2 aromatic carbocycles. The average Bonchev–Trinajstić information content (AvgIpc) is 2.67. The Morgan fingerprint density at radius 3 is 2.75 bits per heavy atom. The monoisotopic (exact) mass is 444 g/mol. The Morgan fingerprint density at radius 1 is 1.18 bits per heavy atom. The number of carbonyl (C=O) groups excluding carboxylic acids is 2. The lowest BCUT2D eigenvalue weighted by Crippen LogP contribution is -2.36. The van der Waals surface area contributed by atoms with Crippen LogP contribution in [0.25, 0.3) is 0 Å². The van der Waals surface area contributed by atoms with E-state index in [9.17, 15) is 9.59 Å². The summed E-state index contributed by atoms with van der Waals surface area (Å²) < 4.78 is 6.17. The Balaban J connectivity index is 1.69. The maximum Gasteiger partial charge on any atom is 0.315 e. The molecule has 146 valence electrons. The van der Waals surface area contributed by atoms with E-state index in [2.05, 4.69) is 31.9 Å². The number of hydrogen-bond donors (Lipinski definition) is 3. The molecule has 2 rings (SSSR count). The first kappa shape index (κ1) is 21.3. The van der Waals surface area contributed by atoms with Gasteiger partial charge in [-0.2, -0.15) is 5.26 Å². The van der Waals surface area contributed by atoms with Crippen LogP contribution in [0.3, 0.4) is 0 Å². The lowest BCUT2D eigenvalue weighted by molar-refractivity contribution is -0.116. The molecule has 0 heterocycles. The molecular weight excluding hydrogens is 424 g/mol. The molecule has 28 heavy (non-hydrogen) atoms. The molecule has 8 heteroatoms. The number of urea groups is 1. The van der Waals surface area contributed by atoms with Crippen LogP contribution in [0.2, 0.25) is 0 Å². The van der Waals surface area contributed by atoms with Crippen molar-refractivity contribution in [3.8, 4) is 11.8 Å². The molecule has 2 aromatic rings. The standard InChI is InChI=1S/C20H21BrN4O3/c1-14-11-16(21)5-6-18(14)25-19(26)7-9-23-20(27)24-13-15-3-2-4-17(12-15)28-10-8-22/h2-6,11-12H,7,9-10,13H2,1H3,(H,25,26)(H2,23,24,27). The summed E-state index contributed by atoms with van der Waals surface area (Å²) in [7, 11) is 0. The third-order valence-electron chi connectivity index (χ3n) is 3.76. The Morgan fingerprint density at radius 2 is 2.00 bits per heavy atom. The number of hydrogen-bond acceptors (Lipinski definition) is 4. The first-order valence-electron chi connectivity index (χ1n) is 8.64. The van der Waals surface area contributed by atoms with Gasteiger partial charge in [-0.1, -0.05) is 28.1 Å². The summed E-state index contributed by atoms with van der Waals surface area (Å²) in [5.74, 6) is 0.397. The highest BCUT2D eigenvalue weighted by Gasteiger charge is 2.07. The molecule has 0 unspecified atom stereocenters. The zero-order chi connectivity index (χ0) is 20.4. The van der Waals surface area contributed by atoms with E-state index in [1.165, 1.54) is 0 Å². The quantitative estimate of drug-likeness (QED) is 0.579. The van der Waals surface area contributed by atoms with Crippen molar-refractivity contribution in [2.75, 3.05) is 18.5 Å². The second kappa shape index (κ2) is 10.9. The summed E-state index contributed by atoms with van der Waals surface area (Å²) >= 11 is 3.38. The molecule has 0 aliphatic carbocycles. The number of halogens is 1. The highest BCUT2D eigenvalue weighted by Crippen LogP contribution is 2.20. The first-order chi connectivity index (χ1) is 13.5. The minimum absolute atomic E-state index is 0.0286. The number of nitrogens with one attached hydrogen (secondary N) is 3. The normalized spacial score (nSPS) is 9.89. The first-order valence-corrected chi connectivity index (χ1v) is 9.43. The lowest BCUT2D eigenvalue weighted by atomic mass is 10.2. The van der Waals surface area contributed by atoms with Crippen molar-refractivity contribution in [3.63, 3.8) is 0 Å². The number of anilines is 1. The van der Waals surface area contributed by atoms with Crippen LogP contribution >= 0.6 is 15.9 Å². The molecular formula is C20H21BrN4O3. The topological polar surface area (TPSA) is 103 Å². The van der Waals surface area contributed by atoms with Crippen LogP contribution < -0.4 is 20.7 Å². The predicted octanol–water partition coefficient (Wildman–Crippen LogP) is 3.49. The van der Waals surface area contributed by atoms with Crippen LogP contribution in [0.15, 0.2) is 46.9 Å². The third-order valence-corrected chi connectivity index (χ3v) is 4.25. The Hall–Kier alpha value is -3.05. The van der Waals surface area contributed by atoms with Gasteiger partial charge in [-0.3, -0.25) is 4.79 Å². The number of nitriles is 1. The summed E-state index contributed by atoms with van der Waals surface area (Å²) in [5, 5.41) is 16.7. The fourth-order valence-electron chi connectivity index (χ4n) is 2.38. The number of ether oxygens (including phenoxy) is 1. The molecule has 0 spiro atoms. The lowest BCUT2D eigenvalue weighted by Gasteiger charge is -2.10. The summed E-state index contributed by atoms with van der Waals surface area (Å²) in [6.45, 7) is 2.41. The van der Waals surface area contributed by atoms with Crippen LogP contribution in [-0.4, -0.2) is 25.1 Å². The van der Waals surface area contributed by atoms with Gasteiger partial charge in [-0.15, -0.1) is 0 Å². The van der Waals surface area contributed by atoms with Gasteiger partial charge >= 0.3 is 6.03 Å². The molecule has 0 fully saturated rings. The third kappa shape index (κ3) is 7.29. The fraction of sp³-hybridized carbons (Fsp3) is 0.250. The maximum atomic E-state index is 12.0. The second-order valence-corrected chi connectivity index (χ2v) is 6.88. The SMILES string of the molecule is Cc1cc(Br)ccc1NC(=O)CCNC(=O)NCc1cccc(OCC#N)c1. The Bertz CT molecular complexity index is 880. The van der Waals surface area contributed by atoms with Crippen molar-refractivity contribution in [3.05, 3.63) is 58.1 Å². The minimum Gasteiger partial charge on any atom is -0.479 e. The predicted molar refractivity (Wildman–Crippen MR) is 110 cm³/mol. The van der Waals surface area contributed by atoms with E-state index in [1.54, 1.807) is 18.2 Å². The van der Waals surface area contributed by atoms with Gasteiger partial charge in [-0.05, 0) is 48.4 Å². The molecule has 0 saturated carbocycles. The molecule has 3 N–H and O–H groups in total. The van der Waals surface area contributed by atoms with Crippen molar-refractivity contribution < 1.29 is 14.3 Å². The van der Waals surface area contributed by atoms with Gasteiger partial charge in [0.2, 0.25) is 5.91 Å². The zero-order valence-electron chi connectivity index (χ0n) is 15.4. The number of amides is 3. The van der Waals surface area contributed by atoms with Gasteiger partial charge in [0.05, 0.1) is 0 Å². The molecule has 0 saturated heterocycles. The van der Waals surface area contributed by atoms with Crippen LogP contribution in [-0.2, 0) is 11.3 Å². The zero-order valence-corrected chi connectivity index (χ0v) is 17.0. The molecule has 0 radical (unpaired) electrons. The van der Waals surface area contributed by atoms with Crippen molar-refractivity contribution >= 4 is 33.6 Å². The highest BCUT2D eigenvalue weighted by molar-refractivity contribution is 9.10. The van der Waals surface area contributed by atoms with Crippen LogP contribution in [0, 0.1) is 18.3 Å². The Kier molecular flexibility index (Phi) is 8.31. The molecule has 7 nitrogen and oxygen atoms in total. The fourth-order valence-corrected chi connectivity index (χ4v) is 2.85. The number of nitrogens with zero attached hydrogens (tertiary/aromatic N) is 1. The number of carbonyl (C=O) groups is 2. The smallest absolute Gasteiger partial charge is 0.315 e. The van der Waals surface area contributed by atoms with Crippen molar-refractivity contribution in [2.45, 2.75) is 19.9 Å².